The van der Waals surface area contributed by atoms with Crippen LogP contribution >= 0.6 is 0 Å². The fraction of sp³-hybridized carbons (Fsp3) is 0.533. The highest BCUT2D eigenvalue weighted by Gasteiger charge is 2.26. The first-order valence-corrected chi connectivity index (χ1v) is 6.75. The monoisotopic (exact) mass is 279 g/mol. The number of methoxy groups -OCH3 is 2. The maximum absolute atomic E-state index is 12.7. The Morgan fingerprint density at radius 2 is 1.95 bits per heavy atom. The van der Waals surface area contributed by atoms with Crippen LogP contribution in [0.25, 0.3) is 0 Å². The van der Waals surface area contributed by atoms with Gasteiger partial charge in [-0.2, -0.15) is 0 Å². The molecule has 0 amide bonds. The van der Waals surface area contributed by atoms with Gasteiger partial charge in [0.2, 0.25) is 0 Å². The van der Waals surface area contributed by atoms with Gasteiger partial charge in [-0.05, 0) is 25.1 Å². The minimum atomic E-state index is -0.195. The number of nitrogens with zero attached hydrogens (tertiary/aromatic N) is 1. The van der Waals surface area contributed by atoms with Crippen LogP contribution in [0, 0.1) is 0 Å². The molecule has 0 radical (unpaired) electrons. The van der Waals surface area contributed by atoms with Crippen molar-refractivity contribution >= 4 is 5.78 Å². The molecule has 1 aromatic carbocycles. The van der Waals surface area contributed by atoms with Gasteiger partial charge in [-0.25, -0.2) is 0 Å². The topological polar surface area (TPSA) is 48.0 Å². The molecule has 0 saturated carbocycles. The third-order valence-corrected chi connectivity index (χ3v) is 3.64. The SMILES string of the molecule is COc1ccc(OC)c(C(=O)C(C)N2CCOCC2)c1. The Labute approximate surface area is 119 Å². The number of ketones is 1. The number of Topliss-reactive ketones (excluding diaryl/α,β-unsaturated/α-hetero) is 1. The Kier molecular flexibility index (Phi) is 4.98. The first kappa shape index (κ1) is 14.8. The van der Waals surface area contributed by atoms with Crippen molar-refractivity contribution in [3.8, 4) is 11.5 Å². The second-order valence-corrected chi connectivity index (χ2v) is 4.75. The minimum Gasteiger partial charge on any atom is -0.497 e. The number of carbonyl (C=O) groups is 1. The quantitative estimate of drug-likeness (QED) is 0.766. The molecule has 20 heavy (non-hydrogen) atoms. The van der Waals surface area contributed by atoms with Crippen LogP contribution in [0.2, 0.25) is 0 Å². The third-order valence-electron chi connectivity index (χ3n) is 3.64. The average molecular weight is 279 g/mol. The van der Waals surface area contributed by atoms with E-state index in [0.29, 0.717) is 30.3 Å². The summed E-state index contributed by atoms with van der Waals surface area (Å²) < 4.78 is 15.8. The van der Waals surface area contributed by atoms with Gasteiger partial charge in [-0.3, -0.25) is 9.69 Å². The van der Waals surface area contributed by atoms with Crippen LogP contribution in [0.15, 0.2) is 18.2 Å². The van der Waals surface area contributed by atoms with Crippen LogP contribution in [0.3, 0.4) is 0 Å². The molecule has 1 aromatic rings. The molecule has 0 aromatic heterocycles. The number of rotatable bonds is 5. The van der Waals surface area contributed by atoms with Gasteiger partial charge in [0, 0.05) is 13.1 Å². The Morgan fingerprint density at radius 1 is 1.25 bits per heavy atom. The van der Waals surface area contributed by atoms with E-state index < -0.39 is 0 Å². The second-order valence-electron chi connectivity index (χ2n) is 4.75. The van der Waals surface area contributed by atoms with Gasteiger partial charge in [0.05, 0.1) is 39.0 Å². The number of carbonyl (C=O) groups excluding carboxylic acids is 1. The molecule has 5 nitrogen and oxygen atoms in total. The molecule has 2 rings (SSSR count). The molecule has 0 spiro atoms. The third kappa shape index (κ3) is 3.11. The predicted molar refractivity (Wildman–Crippen MR) is 75.7 cm³/mol. The normalized spacial score (nSPS) is 17.6. The minimum absolute atomic E-state index is 0.0441. The van der Waals surface area contributed by atoms with Gasteiger partial charge in [0.15, 0.2) is 5.78 Å². The van der Waals surface area contributed by atoms with Crippen LogP contribution in [0.1, 0.15) is 17.3 Å². The number of hydrogen-bond donors (Lipinski definition) is 0. The first-order chi connectivity index (χ1) is 9.67. The zero-order valence-corrected chi connectivity index (χ0v) is 12.2. The van der Waals surface area contributed by atoms with Crippen LogP contribution in [-0.2, 0) is 4.74 Å². The van der Waals surface area contributed by atoms with E-state index in [2.05, 4.69) is 4.90 Å². The summed E-state index contributed by atoms with van der Waals surface area (Å²) >= 11 is 0. The van der Waals surface area contributed by atoms with Crippen molar-refractivity contribution in [1.82, 2.24) is 4.90 Å². The summed E-state index contributed by atoms with van der Waals surface area (Å²) in [6, 6.07) is 5.09. The van der Waals surface area contributed by atoms with E-state index in [1.54, 1.807) is 32.4 Å². The molecule has 1 heterocycles. The molecule has 1 saturated heterocycles. The van der Waals surface area contributed by atoms with Crippen molar-refractivity contribution < 1.29 is 19.0 Å². The van der Waals surface area contributed by atoms with Gasteiger partial charge in [-0.15, -0.1) is 0 Å². The summed E-state index contributed by atoms with van der Waals surface area (Å²) in [6.07, 6.45) is 0. The van der Waals surface area contributed by atoms with Crippen molar-refractivity contribution in [2.24, 2.45) is 0 Å². The van der Waals surface area contributed by atoms with Crippen LogP contribution < -0.4 is 9.47 Å². The smallest absolute Gasteiger partial charge is 0.183 e. The Bertz CT molecular complexity index is 469. The fourth-order valence-electron chi connectivity index (χ4n) is 2.36. The Balaban J connectivity index is 2.22. The van der Waals surface area contributed by atoms with Crippen molar-refractivity contribution in [1.29, 1.82) is 0 Å². The largest absolute Gasteiger partial charge is 0.497 e. The highest BCUT2D eigenvalue weighted by atomic mass is 16.5. The molecule has 0 N–H and O–H groups in total. The zero-order valence-electron chi connectivity index (χ0n) is 12.2. The number of morpholine rings is 1. The molecule has 1 aliphatic rings. The molecule has 0 aliphatic carbocycles. The van der Waals surface area contributed by atoms with E-state index in [9.17, 15) is 4.79 Å². The summed E-state index contributed by atoms with van der Waals surface area (Å²) in [4.78, 5) is 14.8. The summed E-state index contributed by atoms with van der Waals surface area (Å²) in [5, 5.41) is 0. The summed E-state index contributed by atoms with van der Waals surface area (Å²) in [5.41, 5.74) is 0.561. The maximum atomic E-state index is 12.7. The van der Waals surface area contributed by atoms with E-state index in [-0.39, 0.29) is 11.8 Å². The van der Waals surface area contributed by atoms with E-state index in [4.69, 9.17) is 14.2 Å². The van der Waals surface area contributed by atoms with Crippen LogP contribution in [0.5, 0.6) is 11.5 Å². The number of benzene rings is 1. The van der Waals surface area contributed by atoms with Crippen molar-refractivity contribution in [3.05, 3.63) is 23.8 Å². The Hall–Kier alpha value is -1.59. The zero-order chi connectivity index (χ0) is 14.5. The molecular formula is C15H21NO4. The van der Waals surface area contributed by atoms with Gasteiger partial charge in [0.25, 0.3) is 0 Å². The lowest BCUT2D eigenvalue weighted by Gasteiger charge is -2.31. The fourth-order valence-corrected chi connectivity index (χ4v) is 2.36. The van der Waals surface area contributed by atoms with E-state index in [1.165, 1.54) is 0 Å². The van der Waals surface area contributed by atoms with E-state index >= 15 is 0 Å². The van der Waals surface area contributed by atoms with Crippen LogP contribution in [-0.4, -0.2) is 57.2 Å². The Morgan fingerprint density at radius 3 is 2.55 bits per heavy atom. The summed E-state index contributed by atoms with van der Waals surface area (Å²) in [7, 11) is 3.15. The van der Waals surface area contributed by atoms with E-state index in [0.717, 1.165) is 13.1 Å². The molecule has 1 atom stereocenters. The summed E-state index contributed by atoms with van der Waals surface area (Å²) in [5.74, 6) is 1.28. The van der Waals surface area contributed by atoms with Crippen molar-refractivity contribution in [3.63, 3.8) is 0 Å². The lowest BCUT2D eigenvalue weighted by atomic mass is 10.0. The lowest BCUT2D eigenvalue weighted by Crippen LogP contribution is -2.45. The lowest BCUT2D eigenvalue weighted by molar-refractivity contribution is 0.0208. The first-order valence-electron chi connectivity index (χ1n) is 6.75. The van der Waals surface area contributed by atoms with Crippen molar-refractivity contribution in [2.75, 3.05) is 40.5 Å². The molecular weight excluding hydrogens is 258 g/mol. The number of ether oxygens (including phenoxy) is 3. The van der Waals surface area contributed by atoms with Gasteiger partial charge in [0.1, 0.15) is 11.5 Å². The molecule has 5 heteroatoms. The molecule has 1 unspecified atom stereocenters. The van der Waals surface area contributed by atoms with E-state index in [1.807, 2.05) is 6.92 Å². The predicted octanol–water partition coefficient (Wildman–Crippen LogP) is 1.61. The summed E-state index contributed by atoms with van der Waals surface area (Å²) in [6.45, 7) is 4.82. The van der Waals surface area contributed by atoms with Crippen molar-refractivity contribution in [2.45, 2.75) is 13.0 Å². The second kappa shape index (κ2) is 6.72. The molecule has 1 aliphatic heterocycles. The molecule has 1 fully saturated rings. The highest BCUT2D eigenvalue weighted by Crippen LogP contribution is 2.26. The number of hydrogen-bond acceptors (Lipinski definition) is 5. The van der Waals surface area contributed by atoms with Gasteiger partial charge >= 0.3 is 0 Å². The standard InChI is InChI=1S/C15H21NO4/c1-11(16-6-8-20-9-7-16)15(17)13-10-12(18-2)4-5-14(13)19-3/h4-5,10-11H,6-9H2,1-3H3. The molecule has 0 bridgehead atoms. The van der Waals surface area contributed by atoms with Crippen LogP contribution in [0.4, 0.5) is 0 Å². The van der Waals surface area contributed by atoms with Gasteiger partial charge in [-0.1, -0.05) is 0 Å². The van der Waals surface area contributed by atoms with Gasteiger partial charge < -0.3 is 14.2 Å². The maximum Gasteiger partial charge on any atom is 0.183 e. The average Bonchev–Trinajstić information content (AvgIpc) is 2.53. The highest BCUT2D eigenvalue weighted by molar-refractivity contribution is 6.02. The molecule has 110 valence electrons.